The lowest BCUT2D eigenvalue weighted by molar-refractivity contribution is -0.404. The molecule has 0 rings (SSSR count). The van der Waals surface area contributed by atoms with E-state index in [1.165, 1.54) is 0 Å². The first-order valence-electron chi connectivity index (χ1n) is 5.41. The Morgan fingerprint density at radius 3 is 2.33 bits per heavy atom. The Morgan fingerprint density at radius 2 is 1.89 bits per heavy atom. The Morgan fingerprint density at radius 1 is 1.28 bits per heavy atom. The van der Waals surface area contributed by atoms with Crippen molar-refractivity contribution < 1.29 is 30.3 Å². The third kappa shape index (κ3) is 7.13. The van der Waals surface area contributed by atoms with E-state index < -0.39 is 36.4 Å². The van der Waals surface area contributed by atoms with Crippen LogP contribution < -0.4 is 21.3 Å². The lowest BCUT2D eigenvalue weighted by Gasteiger charge is -2.20. The van der Waals surface area contributed by atoms with Crippen molar-refractivity contribution in [3.8, 4) is 0 Å². The minimum Gasteiger partial charge on any atom is -0.550 e. The van der Waals surface area contributed by atoms with Gasteiger partial charge in [-0.25, -0.2) is 0 Å². The second-order valence-corrected chi connectivity index (χ2v) is 4.75. The summed E-state index contributed by atoms with van der Waals surface area (Å²) < 4.78 is 0. The zero-order valence-electron chi connectivity index (χ0n) is 10.1. The molecule has 1 amide bonds. The summed E-state index contributed by atoms with van der Waals surface area (Å²) in [6, 6.07) is -1.89. The Balaban J connectivity index is 4.26. The number of aliphatic carboxylic acids is 2. The van der Waals surface area contributed by atoms with E-state index in [9.17, 15) is 24.6 Å². The number of nitrogens with one attached hydrogen (secondary N) is 1. The topological polar surface area (TPSA) is 137 Å². The molecule has 2 atom stereocenters. The van der Waals surface area contributed by atoms with Crippen molar-refractivity contribution in [3.05, 3.63) is 0 Å². The van der Waals surface area contributed by atoms with Gasteiger partial charge in [0.1, 0.15) is 0 Å². The van der Waals surface area contributed by atoms with Crippen LogP contribution in [0.4, 0.5) is 0 Å². The van der Waals surface area contributed by atoms with Crippen molar-refractivity contribution in [2.75, 3.05) is 12.0 Å². The number of hydrogen-bond donors (Lipinski definition) is 2. The lowest BCUT2D eigenvalue weighted by atomic mass is 10.1. The van der Waals surface area contributed by atoms with Crippen LogP contribution in [0.2, 0.25) is 0 Å². The number of carbonyl (C=O) groups is 3. The van der Waals surface area contributed by atoms with Crippen LogP contribution in [-0.2, 0) is 14.4 Å². The molecule has 0 radical (unpaired) electrons. The summed E-state index contributed by atoms with van der Waals surface area (Å²) in [5.41, 5.74) is 3.62. The molecule has 0 aliphatic rings. The summed E-state index contributed by atoms with van der Waals surface area (Å²) in [6.45, 7) is 0. The molecule has 0 aliphatic heterocycles. The fourth-order valence-corrected chi connectivity index (χ4v) is 1.71. The van der Waals surface area contributed by atoms with E-state index in [2.05, 4.69) is 11.1 Å². The number of quaternary nitrogens is 1. The summed E-state index contributed by atoms with van der Waals surface area (Å²) in [5.74, 6) is -2.67. The van der Waals surface area contributed by atoms with E-state index in [1.54, 1.807) is 11.8 Å². The molecule has 18 heavy (non-hydrogen) atoms. The normalized spacial score (nSPS) is 13.7. The first kappa shape index (κ1) is 16.7. The average Bonchev–Trinajstić information content (AvgIpc) is 2.30. The van der Waals surface area contributed by atoms with Crippen molar-refractivity contribution in [1.29, 1.82) is 0 Å². The molecule has 0 aromatic carbocycles. The molecule has 0 saturated carbocycles. The molecule has 7 nitrogen and oxygen atoms in total. The number of rotatable bonds is 9. The van der Waals surface area contributed by atoms with Crippen molar-refractivity contribution >= 4 is 29.6 Å². The second kappa shape index (κ2) is 8.76. The standard InChI is InChI=1S/C10H18N2O5S/c1-18-5-4-6(11)9(15)12-7(10(16)17)2-3-8(13)14/h6-7H,2-5,11H2,1H3,(H,12,15)(H,13,14)(H,16,17)/p-1/t6-,7-/m0/s1. The van der Waals surface area contributed by atoms with E-state index in [0.29, 0.717) is 6.42 Å². The van der Waals surface area contributed by atoms with Crippen LogP contribution in [0, 0.1) is 0 Å². The predicted molar refractivity (Wildman–Crippen MR) is 60.9 cm³/mol. The highest BCUT2D eigenvalue weighted by molar-refractivity contribution is 7.98. The quantitative estimate of drug-likeness (QED) is 0.442. The van der Waals surface area contributed by atoms with Gasteiger partial charge in [0.2, 0.25) is 0 Å². The third-order valence-electron chi connectivity index (χ3n) is 2.28. The summed E-state index contributed by atoms with van der Waals surface area (Å²) in [6.07, 6.45) is 1.69. The monoisotopic (exact) mass is 277 g/mol. The minimum absolute atomic E-state index is 0.258. The zero-order chi connectivity index (χ0) is 14.1. The Bertz CT molecular complexity index is 311. The molecule has 0 aromatic heterocycles. The number of amides is 1. The largest absolute Gasteiger partial charge is 0.550 e. The van der Waals surface area contributed by atoms with Gasteiger partial charge in [-0.15, -0.1) is 0 Å². The summed E-state index contributed by atoms with van der Waals surface area (Å²) in [5, 5.41) is 23.2. The maximum atomic E-state index is 11.6. The van der Waals surface area contributed by atoms with Gasteiger partial charge in [-0.1, -0.05) is 0 Å². The molecular formula is C10H17N2O5S-. The molecule has 4 N–H and O–H groups in total. The first-order valence-corrected chi connectivity index (χ1v) is 6.81. The average molecular weight is 277 g/mol. The second-order valence-electron chi connectivity index (χ2n) is 3.77. The van der Waals surface area contributed by atoms with E-state index >= 15 is 0 Å². The maximum Gasteiger partial charge on any atom is 0.278 e. The molecule has 0 heterocycles. The fourth-order valence-electron chi connectivity index (χ4n) is 1.19. The van der Waals surface area contributed by atoms with Crippen molar-refractivity contribution in [3.63, 3.8) is 0 Å². The van der Waals surface area contributed by atoms with Gasteiger partial charge in [0, 0.05) is 12.4 Å². The van der Waals surface area contributed by atoms with E-state index in [4.69, 9.17) is 0 Å². The SMILES string of the molecule is CSCC[C@H]([NH3+])C(=O)N[C@@H](CCC(=O)[O-])C(=O)[O-]. The molecule has 0 aliphatic carbocycles. The maximum absolute atomic E-state index is 11.6. The molecule has 0 unspecified atom stereocenters. The van der Waals surface area contributed by atoms with Crippen LogP contribution in [0.25, 0.3) is 0 Å². The number of carbonyl (C=O) groups excluding carboxylic acids is 3. The highest BCUT2D eigenvalue weighted by Gasteiger charge is 2.21. The molecule has 0 saturated heterocycles. The van der Waals surface area contributed by atoms with Gasteiger partial charge >= 0.3 is 0 Å². The van der Waals surface area contributed by atoms with Gasteiger partial charge < -0.3 is 30.9 Å². The first-order chi connectivity index (χ1) is 8.38. The molecule has 0 aromatic rings. The Labute approximate surface area is 109 Å². The van der Waals surface area contributed by atoms with Crippen molar-refractivity contribution in [1.82, 2.24) is 5.32 Å². The molecule has 0 fully saturated rings. The van der Waals surface area contributed by atoms with Crippen LogP contribution in [0.5, 0.6) is 0 Å². The fraction of sp³-hybridized carbons (Fsp3) is 0.700. The molecule has 8 heteroatoms. The Kier molecular flexibility index (Phi) is 8.14. The number of carboxylic acid groups (broad SMARTS) is 2. The summed E-state index contributed by atoms with van der Waals surface area (Å²) >= 11 is 1.55. The zero-order valence-corrected chi connectivity index (χ0v) is 11.0. The van der Waals surface area contributed by atoms with Gasteiger partial charge in [0.15, 0.2) is 6.04 Å². The van der Waals surface area contributed by atoms with Gasteiger partial charge in [0.05, 0.1) is 12.0 Å². The summed E-state index contributed by atoms with van der Waals surface area (Å²) in [7, 11) is 0. The lowest BCUT2D eigenvalue weighted by Crippen LogP contribution is -2.69. The third-order valence-corrected chi connectivity index (χ3v) is 2.92. The van der Waals surface area contributed by atoms with Crippen LogP contribution in [0.1, 0.15) is 19.3 Å². The van der Waals surface area contributed by atoms with Crippen LogP contribution in [-0.4, -0.2) is 41.9 Å². The molecular weight excluding hydrogens is 260 g/mol. The molecule has 104 valence electrons. The van der Waals surface area contributed by atoms with Gasteiger partial charge in [-0.2, -0.15) is 11.8 Å². The number of carboxylic acids is 2. The number of hydrogen-bond acceptors (Lipinski definition) is 6. The highest BCUT2D eigenvalue weighted by Crippen LogP contribution is 2.00. The van der Waals surface area contributed by atoms with E-state index in [-0.39, 0.29) is 6.42 Å². The minimum atomic E-state index is -1.51. The number of thioether (sulfide) groups is 1. The van der Waals surface area contributed by atoms with E-state index in [1.807, 2.05) is 6.26 Å². The van der Waals surface area contributed by atoms with Gasteiger partial charge in [-0.3, -0.25) is 4.79 Å². The Hall–Kier alpha value is -1.28. The molecule has 0 spiro atoms. The van der Waals surface area contributed by atoms with Crippen molar-refractivity contribution in [2.24, 2.45) is 0 Å². The van der Waals surface area contributed by atoms with Crippen LogP contribution >= 0.6 is 11.8 Å². The van der Waals surface area contributed by atoms with Crippen LogP contribution in [0.15, 0.2) is 0 Å². The predicted octanol–water partition coefficient (Wildman–Crippen LogP) is -3.89. The highest BCUT2D eigenvalue weighted by atomic mass is 32.2. The van der Waals surface area contributed by atoms with Crippen LogP contribution in [0.3, 0.4) is 0 Å². The smallest absolute Gasteiger partial charge is 0.278 e. The van der Waals surface area contributed by atoms with Gasteiger partial charge in [-0.05, 0) is 24.9 Å². The van der Waals surface area contributed by atoms with E-state index in [0.717, 1.165) is 5.75 Å². The van der Waals surface area contributed by atoms with Crippen molar-refractivity contribution in [2.45, 2.75) is 31.3 Å². The van der Waals surface area contributed by atoms with Gasteiger partial charge in [0.25, 0.3) is 5.91 Å². The molecule has 0 bridgehead atoms. The summed E-state index contributed by atoms with van der Waals surface area (Å²) in [4.78, 5) is 32.5.